The number of rotatable bonds is 4. The minimum absolute atomic E-state index is 0.163. The zero-order valence-electron chi connectivity index (χ0n) is 15.4. The molecule has 2 unspecified atom stereocenters. The monoisotopic (exact) mass is 425 g/mol. The highest BCUT2D eigenvalue weighted by molar-refractivity contribution is 8.09. The molecule has 1 saturated heterocycles. The number of halogens is 1. The molecule has 0 N–H and O–H groups in total. The van der Waals surface area contributed by atoms with Crippen molar-refractivity contribution in [3.05, 3.63) is 59.0 Å². The van der Waals surface area contributed by atoms with E-state index in [2.05, 4.69) is 16.0 Å². The zero-order valence-corrected chi connectivity index (χ0v) is 17.0. The van der Waals surface area contributed by atoms with Crippen molar-refractivity contribution in [3.63, 3.8) is 0 Å². The van der Waals surface area contributed by atoms with Crippen molar-refractivity contribution >= 4 is 46.0 Å². The lowest BCUT2D eigenvalue weighted by atomic mass is 10.1. The van der Waals surface area contributed by atoms with Crippen LogP contribution in [0.4, 0.5) is 10.6 Å². The first-order valence-electron chi connectivity index (χ1n) is 8.95. The Balaban J connectivity index is 1.74. The van der Waals surface area contributed by atoms with Crippen molar-refractivity contribution in [3.8, 4) is 6.07 Å². The number of imide groups is 1. The number of urea groups is 1. The smallest absolute Gasteiger partial charge is 0.315 e. The summed E-state index contributed by atoms with van der Waals surface area (Å²) in [6.07, 6.45) is 5.01. The van der Waals surface area contributed by atoms with E-state index >= 15 is 0 Å². The Kier molecular flexibility index (Phi) is 5.26. The third-order valence-electron chi connectivity index (χ3n) is 4.72. The van der Waals surface area contributed by atoms with Crippen molar-refractivity contribution in [2.45, 2.75) is 24.6 Å². The molecule has 0 radical (unpaired) electrons. The molecule has 2 aliphatic rings. The van der Waals surface area contributed by atoms with E-state index in [1.165, 1.54) is 18.0 Å². The predicted molar refractivity (Wildman–Crippen MR) is 111 cm³/mol. The van der Waals surface area contributed by atoms with Gasteiger partial charge in [0, 0.05) is 28.2 Å². The van der Waals surface area contributed by atoms with Crippen molar-refractivity contribution < 1.29 is 9.59 Å². The molecule has 1 fully saturated rings. The lowest BCUT2D eigenvalue weighted by Crippen LogP contribution is -2.62. The second-order valence-corrected chi connectivity index (χ2v) is 8.21. The molecule has 0 spiro atoms. The minimum atomic E-state index is -0.542. The van der Waals surface area contributed by atoms with Gasteiger partial charge in [-0.15, -0.1) is 11.8 Å². The number of carbonyl (C=O) groups excluding carboxylic acids is 2. The number of thioether (sulfide) groups is 1. The summed E-state index contributed by atoms with van der Waals surface area (Å²) in [7, 11) is 0. The van der Waals surface area contributed by atoms with Crippen LogP contribution in [0.15, 0.2) is 42.7 Å². The van der Waals surface area contributed by atoms with E-state index in [4.69, 9.17) is 16.9 Å². The first kappa shape index (κ1) is 19.4. The molecule has 0 aliphatic carbocycles. The zero-order chi connectivity index (χ0) is 20.5. The fourth-order valence-electron chi connectivity index (χ4n) is 3.41. The van der Waals surface area contributed by atoms with Gasteiger partial charge in [-0.05, 0) is 19.1 Å². The van der Waals surface area contributed by atoms with Crippen LogP contribution in [0.25, 0.3) is 4.91 Å². The minimum Gasteiger partial charge on any atom is -0.315 e. The number of benzene rings is 1. The SMILES string of the molecule is Cc1cncc(N2C(=O)C3SC(c4ccccc4Cl)=CC3N(CCC#N)C2=O)n1. The molecule has 2 atom stereocenters. The maximum absolute atomic E-state index is 13.3. The molecule has 1 aromatic heterocycles. The third-order valence-corrected chi connectivity index (χ3v) is 6.40. The van der Waals surface area contributed by atoms with Gasteiger partial charge in [-0.25, -0.2) is 14.7 Å². The summed E-state index contributed by atoms with van der Waals surface area (Å²) >= 11 is 7.71. The second-order valence-electron chi connectivity index (χ2n) is 6.62. The number of nitriles is 1. The van der Waals surface area contributed by atoms with Crippen LogP contribution in [-0.2, 0) is 4.79 Å². The van der Waals surface area contributed by atoms with Crippen LogP contribution in [0.1, 0.15) is 17.7 Å². The average Bonchev–Trinajstić information content (AvgIpc) is 3.14. The number of carbonyl (C=O) groups is 2. The summed E-state index contributed by atoms with van der Waals surface area (Å²) < 4.78 is 0. The number of nitrogens with zero attached hydrogens (tertiary/aromatic N) is 5. The average molecular weight is 426 g/mol. The van der Waals surface area contributed by atoms with Crippen LogP contribution in [-0.4, -0.2) is 44.6 Å². The van der Waals surface area contributed by atoms with Gasteiger partial charge in [0.15, 0.2) is 5.82 Å². The Hall–Kier alpha value is -2.89. The number of hydrogen-bond donors (Lipinski definition) is 0. The molecule has 3 heterocycles. The van der Waals surface area contributed by atoms with Gasteiger partial charge in [-0.3, -0.25) is 9.78 Å². The second kappa shape index (κ2) is 7.85. The van der Waals surface area contributed by atoms with Crippen LogP contribution in [0, 0.1) is 18.3 Å². The molecular weight excluding hydrogens is 410 g/mol. The number of amides is 3. The van der Waals surface area contributed by atoms with Crippen molar-refractivity contribution in [2.75, 3.05) is 11.4 Å². The highest BCUT2D eigenvalue weighted by Crippen LogP contribution is 2.46. The van der Waals surface area contributed by atoms with Gasteiger partial charge in [-0.1, -0.05) is 29.8 Å². The quantitative estimate of drug-likeness (QED) is 0.742. The Bertz CT molecular complexity index is 1070. The van der Waals surface area contributed by atoms with E-state index in [0.717, 1.165) is 15.4 Å². The molecule has 4 rings (SSSR count). The largest absolute Gasteiger partial charge is 0.333 e. The van der Waals surface area contributed by atoms with E-state index in [1.54, 1.807) is 24.1 Å². The Morgan fingerprint density at radius 3 is 2.79 bits per heavy atom. The van der Waals surface area contributed by atoms with Crippen molar-refractivity contribution in [1.29, 1.82) is 5.26 Å². The Morgan fingerprint density at radius 1 is 1.28 bits per heavy atom. The molecule has 0 saturated carbocycles. The molecule has 146 valence electrons. The Morgan fingerprint density at radius 2 is 2.07 bits per heavy atom. The molecule has 0 bridgehead atoms. The van der Waals surface area contributed by atoms with Gasteiger partial charge in [0.1, 0.15) is 5.25 Å². The standard InChI is InChI=1S/C20H16ClN5O2S/c1-12-10-23-11-17(24-12)26-19(27)18-15(25(20(26)28)8-4-7-22)9-16(29-18)13-5-2-3-6-14(13)21/h2-3,5-6,9-11,15,18H,4,8H2,1H3. The van der Waals surface area contributed by atoms with Crippen LogP contribution in [0.5, 0.6) is 0 Å². The van der Waals surface area contributed by atoms with Crippen LogP contribution >= 0.6 is 23.4 Å². The van der Waals surface area contributed by atoms with E-state index < -0.39 is 17.3 Å². The summed E-state index contributed by atoms with van der Waals surface area (Å²) in [5.74, 6) is -0.163. The Labute approximate surface area is 177 Å². The molecule has 2 aliphatic heterocycles. The van der Waals surface area contributed by atoms with E-state index in [0.29, 0.717) is 10.7 Å². The third kappa shape index (κ3) is 3.48. The summed E-state index contributed by atoms with van der Waals surface area (Å²) in [4.78, 5) is 38.3. The molecule has 1 aromatic carbocycles. The summed E-state index contributed by atoms with van der Waals surface area (Å²) in [5, 5.41) is 9.07. The number of fused-ring (bicyclic) bond motifs is 1. The van der Waals surface area contributed by atoms with Gasteiger partial charge >= 0.3 is 6.03 Å². The molecule has 7 nitrogen and oxygen atoms in total. The van der Waals surface area contributed by atoms with E-state index in [9.17, 15) is 9.59 Å². The lowest BCUT2D eigenvalue weighted by molar-refractivity contribution is -0.119. The lowest BCUT2D eigenvalue weighted by Gasteiger charge is -2.40. The van der Waals surface area contributed by atoms with Crippen LogP contribution < -0.4 is 4.90 Å². The number of aromatic nitrogens is 2. The number of hydrogen-bond acceptors (Lipinski definition) is 6. The van der Waals surface area contributed by atoms with Gasteiger partial charge < -0.3 is 4.90 Å². The topological polar surface area (TPSA) is 90.2 Å². The van der Waals surface area contributed by atoms with Crippen molar-refractivity contribution in [2.24, 2.45) is 0 Å². The summed E-state index contributed by atoms with van der Waals surface area (Å²) in [6.45, 7) is 1.96. The van der Waals surface area contributed by atoms with Crippen LogP contribution in [0.3, 0.4) is 0 Å². The first-order chi connectivity index (χ1) is 14.0. The molecule has 2 aromatic rings. The van der Waals surface area contributed by atoms with Gasteiger partial charge in [0.25, 0.3) is 5.91 Å². The summed E-state index contributed by atoms with van der Waals surface area (Å²) in [6, 6.07) is 8.50. The maximum Gasteiger partial charge on any atom is 0.333 e. The first-order valence-corrected chi connectivity index (χ1v) is 10.2. The molecule has 3 amide bonds. The molecule has 29 heavy (non-hydrogen) atoms. The molecular formula is C20H16ClN5O2S. The van der Waals surface area contributed by atoms with E-state index in [-0.39, 0.29) is 24.7 Å². The molecule has 9 heteroatoms. The highest BCUT2D eigenvalue weighted by Gasteiger charge is 2.50. The van der Waals surface area contributed by atoms with Gasteiger partial charge in [0.05, 0.1) is 30.4 Å². The number of aryl methyl sites for hydroxylation is 1. The maximum atomic E-state index is 13.3. The number of anilines is 1. The highest BCUT2D eigenvalue weighted by atomic mass is 35.5. The van der Waals surface area contributed by atoms with Gasteiger partial charge in [0.2, 0.25) is 0 Å². The normalized spacial score (nSPS) is 21.1. The van der Waals surface area contributed by atoms with Crippen LogP contribution in [0.2, 0.25) is 5.02 Å². The van der Waals surface area contributed by atoms with Crippen molar-refractivity contribution in [1.82, 2.24) is 14.9 Å². The summed E-state index contributed by atoms with van der Waals surface area (Å²) in [5.41, 5.74) is 1.42. The fourth-order valence-corrected chi connectivity index (χ4v) is 5.08. The van der Waals surface area contributed by atoms with E-state index in [1.807, 2.05) is 24.3 Å². The predicted octanol–water partition coefficient (Wildman–Crippen LogP) is 3.65. The van der Waals surface area contributed by atoms with Gasteiger partial charge in [-0.2, -0.15) is 5.26 Å². The fraction of sp³-hybridized carbons (Fsp3) is 0.250.